The number of fused-ring (bicyclic) bond motifs is 1. The van der Waals surface area contributed by atoms with Crippen molar-refractivity contribution < 1.29 is 22.7 Å². The first-order chi connectivity index (χ1) is 19.5. The molecule has 1 aromatic carbocycles. The molecule has 3 aromatic heterocycles. The zero-order valence-electron chi connectivity index (χ0n) is 23.1. The van der Waals surface area contributed by atoms with Crippen molar-refractivity contribution in [3.8, 4) is 11.5 Å². The first-order valence-corrected chi connectivity index (χ1v) is 13.3. The van der Waals surface area contributed by atoms with Crippen molar-refractivity contribution in [3.05, 3.63) is 58.7 Å². The van der Waals surface area contributed by atoms with Crippen LogP contribution in [0, 0.1) is 24.0 Å². The molecule has 4 aromatic rings. The number of hydrogen-bond donors (Lipinski definition) is 1. The number of nitrogens with zero attached hydrogens (tertiary/aromatic N) is 8. The van der Waals surface area contributed by atoms with Crippen LogP contribution in [0.3, 0.4) is 0 Å². The van der Waals surface area contributed by atoms with Crippen molar-refractivity contribution >= 4 is 17.9 Å². The van der Waals surface area contributed by atoms with Crippen LogP contribution in [0.2, 0.25) is 0 Å². The van der Waals surface area contributed by atoms with E-state index < -0.39 is 17.0 Å². The van der Waals surface area contributed by atoms with Crippen molar-refractivity contribution in [2.24, 2.45) is 5.41 Å². The normalized spacial score (nSPS) is 15.6. The lowest BCUT2D eigenvalue weighted by Crippen LogP contribution is -2.45. The van der Waals surface area contributed by atoms with E-state index in [9.17, 15) is 13.6 Å². The Morgan fingerprint density at radius 3 is 2.49 bits per heavy atom. The van der Waals surface area contributed by atoms with Crippen molar-refractivity contribution in [2.75, 3.05) is 23.3 Å². The van der Waals surface area contributed by atoms with Gasteiger partial charge in [0.05, 0.1) is 28.6 Å². The van der Waals surface area contributed by atoms with Gasteiger partial charge < -0.3 is 19.4 Å². The van der Waals surface area contributed by atoms with E-state index in [4.69, 9.17) is 9.15 Å². The lowest BCUT2D eigenvalue weighted by atomic mass is 9.97. The predicted octanol–water partition coefficient (Wildman–Crippen LogP) is 3.43. The Hall–Kier alpha value is -4.49. The highest BCUT2D eigenvalue weighted by molar-refractivity contribution is 5.75. The molecule has 0 atom stereocenters. The SMILES string of the molecule is Cc1nc(NC2Cc3cc(F)c(F)cc3C2)ncc1-c1nnc(N2CC(c3cn(COC(=O)C(C)(C)C)nn3)C2)o1. The van der Waals surface area contributed by atoms with Crippen LogP contribution in [-0.4, -0.2) is 60.3 Å². The standard InChI is InChI=1S/C27H29F2N9O3/c1-14-19(9-30-25(31-14)32-18-5-15-7-20(28)21(29)8-16(15)6-18)23-34-35-26(41-23)37-10-17(11-37)22-12-38(36-33-22)13-40-24(39)27(2,3)4/h7-9,12,17-18H,5-6,10-11,13H2,1-4H3,(H,30,31,32). The minimum atomic E-state index is -0.836. The smallest absolute Gasteiger partial charge is 0.318 e. The number of halogens is 2. The molecule has 1 fully saturated rings. The summed E-state index contributed by atoms with van der Waals surface area (Å²) in [6.45, 7) is 8.46. The van der Waals surface area contributed by atoms with Gasteiger partial charge in [0.15, 0.2) is 18.4 Å². The predicted molar refractivity (Wildman–Crippen MR) is 142 cm³/mol. The zero-order chi connectivity index (χ0) is 28.9. The Balaban J connectivity index is 1.03. The first kappa shape index (κ1) is 26.7. The molecule has 14 heteroatoms. The van der Waals surface area contributed by atoms with Crippen LogP contribution in [0.5, 0.6) is 0 Å². The maximum absolute atomic E-state index is 13.6. The summed E-state index contributed by atoms with van der Waals surface area (Å²) in [5.41, 5.74) is 3.04. The van der Waals surface area contributed by atoms with Gasteiger partial charge in [-0.25, -0.2) is 23.4 Å². The monoisotopic (exact) mass is 565 g/mol. The number of carbonyl (C=O) groups is 1. The van der Waals surface area contributed by atoms with Crippen molar-refractivity contribution in [1.82, 2.24) is 35.2 Å². The number of esters is 1. The van der Waals surface area contributed by atoms with Gasteiger partial charge in [-0.2, -0.15) is 0 Å². The summed E-state index contributed by atoms with van der Waals surface area (Å²) in [5, 5.41) is 19.9. The number of carbonyl (C=O) groups excluding carboxylic acids is 1. The molecule has 0 bridgehead atoms. The van der Waals surface area contributed by atoms with Crippen LogP contribution < -0.4 is 10.2 Å². The lowest BCUT2D eigenvalue weighted by Gasteiger charge is -2.36. The van der Waals surface area contributed by atoms with Crippen molar-refractivity contribution in [3.63, 3.8) is 0 Å². The molecule has 214 valence electrons. The van der Waals surface area contributed by atoms with Crippen LogP contribution in [0.1, 0.15) is 49.2 Å². The van der Waals surface area contributed by atoms with Crippen LogP contribution >= 0.6 is 0 Å². The second-order valence-electron chi connectivity index (χ2n) is 11.5. The molecular weight excluding hydrogens is 536 g/mol. The van der Waals surface area contributed by atoms with E-state index in [1.165, 1.54) is 16.8 Å². The summed E-state index contributed by atoms with van der Waals surface area (Å²) in [6.07, 6.45) is 4.50. The summed E-state index contributed by atoms with van der Waals surface area (Å²) in [7, 11) is 0. The Labute approximate surface area is 234 Å². The third-order valence-electron chi connectivity index (χ3n) is 7.20. The molecule has 0 amide bonds. The molecule has 1 N–H and O–H groups in total. The molecule has 1 saturated heterocycles. The van der Waals surface area contributed by atoms with E-state index in [-0.39, 0.29) is 24.7 Å². The van der Waals surface area contributed by atoms with E-state index in [2.05, 4.69) is 35.8 Å². The van der Waals surface area contributed by atoms with Crippen molar-refractivity contribution in [2.45, 2.75) is 59.2 Å². The summed E-state index contributed by atoms with van der Waals surface area (Å²) in [5.74, 6) is -1.13. The first-order valence-electron chi connectivity index (χ1n) is 13.3. The molecule has 1 aliphatic carbocycles. The van der Waals surface area contributed by atoms with Crippen LogP contribution in [0.15, 0.2) is 28.9 Å². The second-order valence-corrected chi connectivity index (χ2v) is 11.5. The van der Waals surface area contributed by atoms with E-state index in [1.54, 1.807) is 33.2 Å². The van der Waals surface area contributed by atoms with Gasteiger partial charge in [-0.15, -0.1) is 10.2 Å². The highest BCUT2D eigenvalue weighted by Crippen LogP contribution is 2.32. The number of nitrogens with one attached hydrogen (secondary N) is 1. The van der Waals surface area contributed by atoms with Crippen molar-refractivity contribution in [1.29, 1.82) is 0 Å². The fraction of sp³-hybridized carbons (Fsp3) is 0.444. The third-order valence-corrected chi connectivity index (χ3v) is 7.20. The molecule has 6 rings (SSSR count). The van der Waals surface area contributed by atoms with Gasteiger partial charge in [0.2, 0.25) is 5.95 Å². The average Bonchev–Trinajstić information content (AvgIpc) is 3.62. The lowest BCUT2D eigenvalue weighted by molar-refractivity contribution is -0.157. The van der Waals surface area contributed by atoms with Crippen LogP contribution in [-0.2, 0) is 29.1 Å². The molecule has 4 heterocycles. The number of hydrogen-bond acceptors (Lipinski definition) is 11. The van der Waals surface area contributed by atoms with Gasteiger partial charge >= 0.3 is 12.0 Å². The maximum Gasteiger partial charge on any atom is 0.318 e. The third kappa shape index (κ3) is 5.45. The molecule has 41 heavy (non-hydrogen) atoms. The van der Waals surface area contributed by atoms with Gasteiger partial charge in [-0.1, -0.05) is 10.3 Å². The number of ether oxygens (including phenoxy) is 1. The fourth-order valence-corrected chi connectivity index (χ4v) is 4.82. The van der Waals surface area contributed by atoms with Gasteiger partial charge in [-0.3, -0.25) is 4.79 Å². The summed E-state index contributed by atoms with van der Waals surface area (Å²) >= 11 is 0. The minimum Gasteiger partial charge on any atom is -0.442 e. The highest BCUT2D eigenvalue weighted by Gasteiger charge is 2.34. The number of rotatable bonds is 7. The van der Waals surface area contributed by atoms with Crippen LogP contribution in [0.25, 0.3) is 11.5 Å². The van der Waals surface area contributed by atoms with E-state index >= 15 is 0 Å². The molecule has 2 aliphatic rings. The summed E-state index contributed by atoms with van der Waals surface area (Å²) in [6, 6.07) is 2.83. The molecule has 0 unspecified atom stereocenters. The summed E-state index contributed by atoms with van der Waals surface area (Å²) in [4.78, 5) is 22.8. The highest BCUT2D eigenvalue weighted by atomic mass is 19.2. The Bertz CT molecular complexity index is 1580. The Kier molecular flexibility index (Phi) is 6.62. The quantitative estimate of drug-likeness (QED) is 0.330. The second kappa shape index (κ2) is 10.2. The Morgan fingerprint density at radius 1 is 1.12 bits per heavy atom. The largest absolute Gasteiger partial charge is 0.442 e. The minimum absolute atomic E-state index is 0.0105. The number of aromatic nitrogens is 7. The van der Waals surface area contributed by atoms with Gasteiger partial charge in [0, 0.05) is 31.2 Å². The van der Waals surface area contributed by atoms with E-state index in [1.807, 2.05) is 11.8 Å². The number of benzene rings is 1. The molecule has 1 aliphatic heterocycles. The Morgan fingerprint density at radius 2 is 1.83 bits per heavy atom. The van der Waals surface area contributed by atoms with Gasteiger partial charge in [-0.05, 0) is 63.8 Å². The summed E-state index contributed by atoms with van der Waals surface area (Å²) < 4.78 is 39.8. The van der Waals surface area contributed by atoms with Gasteiger partial charge in [0.25, 0.3) is 5.89 Å². The van der Waals surface area contributed by atoms with E-state index in [0.29, 0.717) is 55.0 Å². The number of aryl methyl sites for hydroxylation is 1. The topological polar surface area (TPSA) is 137 Å². The fourth-order valence-electron chi connectivity index (χ4n) is 4.82. The molecular formula is C27H29F2N9O3. The van der Waals surface area contributed by atoms with Crippen LogP contribution in [0.4, 0.5) is 20.7 Å². The van der Waals surface area contributed by atoms with Gasteiger partial charge in [0.1, 0.15) is 0 Å². The zero-order valence-corrected chi connectivity index (χ0v) is 23.1. The molecule has 12 nitrogen and oxygen atoms in total. The molecule has 0 saturated carbocycles. The number of anilines is 2. The molecule has 0 radical (unpaired) electrons. The molecule has 0 spiro atoms. The average molecular weight is 566 g/mol. The maximum atomic E-state index is 13.6. The van der Waals surface area contributed by atoms with E-state index in [0.717, 1.165) is 16.8 Å².